The number of nitrogens with zero attached hydrogens (tertiary/aromatic N) is 2. The van der Waals surface area contributed by atoms with E-state index in [4.69, 9.17) is 5.11 Å². The minimum absolute atomic E-state index is 0.0581. The monoisotopic (exact) mass is 358 g/mol. The van der Waals surface area contributed by atoms with Crippen LogP contribution in [0.25, 0.3) is 0 Å². The number of carboxylic acids is 1. The maximum absolute atomic E-state index is 12.3. The molecule has 0 bridgehead atoms. The summed E-state index contributed by atoms with van der Waals surface area (Å²) in [7, 11) is 0. The van der Waals surface area contributed by atoms with Gasteiger partial charge in [0.2, 0.25) is 0 Å². The summed E-state index contributed by atoms with van der Waals surface area (Å²) in [5.41, 5.74) is 1.48. The Morgan fingerprint density at radius 3 is 2.65 bits per heavy atom. The molecule has 0 spiro atoms. The van der Waals surface area contributed by atoms with E-state index in [1.54, 1.807) is 30.5 Å². The number of carbonyl (C=O) groups is 2. The van der Waals surface area contributed by atoms with Crippen LogP contribution >= 0.6 is 0 Å². The minimum atomic E-state index is -0.843. The number of carbonyl (C=O) groups excluding carboxylic acids is 1. The summed E-state index contributed by atoms with van der Waals surface area (Å²) in [5.74, 6) is 0.326. The van der Waals surface area contributed by atoms with Crippen LogP contribution in [-0.2, 0) is 11.2 Å². The molecule has 1 heterocycles. The molecular weight excluding hydrogens is 332 g/mol. The van der Waals surface area contributed by atoms with Gasteiger partial charge < -0.3 is 10.4 Å². The number of aliphatic carboxylic acids is 1. The van der Waals surface area contributed by atoms with Crippen LogP contribution in [0, 0.1) is 5.92 Å². The number of carboxylic acid groups (broad SMARTS) is 1. The molecule has 0 saturated carbocycles. The maximum atomic E-state index is 12.3. The molecule has 7 heteroatoms. The van der Waals surface area contributed by atoms with E-state index < -0.39 is 5.97 Å². The van der Waals surface area contributed by atoms with Crippen molar-refractivity contribution in [1.29, 1.82) is 0 Å². The number of urea groups is 1. The van der Waals surface area contributed by atoms with Crippen LogP contribution in [0.1, 0.15) is 45.2 Å². The largest absolute Gasteiger partial charge is 0.481 e. The Balaban J connectivity index is 1.98. The average molecular weight is 358 g/mol. The van der Waals surface area contributed by atoms with Crippen molar-refractivity contribution in [2.24, 2.45) is 5.92 Å². The Hall–Kier alpha value is -2.83. The molecule has 2 amide bonds. The molecule has 140 valence electrons. The third-order valence-corrected chi connectivity index (χ3v) is 3.95. The molecule has 1 aromatic carbocycles. The fraction of sp³-hybridized carbons (Fsp3) is 0.421. The average Bonchev–Trinajstić information content (AvgIpc) is 3.00. The second kappa shape index (κ2) is 9.03. The van der Waals surface area contributed by atoms with Gasteiger partial charge in [0.15, 0.2) is 0 Å². The van der Waals surface area contributed by atoms with Crippen molar-refractivity contribution in [2.75, 3.05) is 10.6 Å². The molecule has 1 atom stereocenters. The first-order valence-corrected chi connectivity index (χ1v) is 8.77. The van der Waals surface area contributed by atoms with Crippen LogP contribution in [0.4, 0.5) is 16.3 Å². The van der Waals surface area contributed by atoms with Gasteiger partial charge in [0.05, 0.1) is 12.2 Å². The van der Waals surface area contributed by atoms with Crippen molar-refractivity contribution >= 4 is 23.5 Å². The van der Waals surface area contributed by atoms with E-state index in [-0.39, 0.29) is 18.5 Å². The highest BCUT2D eigenvalue weighted by Crippen LogP contribution is 2.21. The second-order valence-electron chi connectivity index (χ2n) is 6.81. The summed E-state index contributed by atoms with van der Waals surface area (Å²) in [5, 5.41) is 18.7. The lowest BCUT2D eigenvalue weighted by molar-refractivity contribution is -0.136. The number of aryl methyl sites for hydroxylation is 1. The van der Waals surface area contributed by atoms with Crippen molar-refractivity contribution in [3.63, 3.8) is 0 Å². The third kappa shape index (κ3) is 5.91. The number of anilines is 2. The van der Waals surface area contributed by atoms with E-state index in [0.29, 0.717) is 23.8 Å². The molecule has 26 heavy (non-hydrogen) atoms. The van der Waals surface area contributed by atoms with Crippen LogP contribution in [0.5, 0.6) is 0 Å². The van der Waals surface area contributed by atoms with Crippen molar-refractivity contribution < 1.29 is 14.7 Å². The predicted octanol–water partition coefficient (Wildman–Crippen LogP) is 4.15. The van der Waals surface area contributed by atoms with Gasteiger partial charge in [0, 0.05) is 18.2 Å². The summed E-state index contributed by atoms with van der Waals surface area (Å²) < 4.78 is 1.81. The van der Waals surface area contributed by atoms with Gasteiger partial charge in [0.1, 0.15) is 5.82 Å². The number of benzene rings is 1. The topological polar surface area (TPSA) is 96.3 Å². The smallest absolute Gasteiger partial charge is 0.324 e. The van der Waals surface area contributed by atoms with Crippen molar-refractivity contribution in [3.8, 4) is 0 Å². The SMILES string of the molecule is CC(C)CC(C)n1nccc1NC(=O)Nc1cccc(CCC(=O)O)c1. The quantitative estimate of drug-likeness (QED) is 0.660. The van der Waals surface area contributed by atoms with Crippen molar-refractivity contribution in [1.82, 2.24) is 9.78 Å². The molecule has 2 rings (SSSR count). The van der Waals surface area contributed by atoms with Crippen LogP contribution in [0.2, 0.25) is 0 Å². The van der Waals surface area contributed by atoms with Crippen LogP contribution in [0.3, 0.4) is 0 Å². The number of hydrogen-bond acceptors (Lipinski definition) is 3. The molecule has 1 aromatic heterocycles. The Bertz CT molecular complexity index is 755. The van der Waals surface area contributed by atoms with E-state index in [9.17, 15) is 9.59 Å². The van der Waals surface area contributed by atoms with Gasteiger partial charge in [-0.3, -0.25) is 10.1 Å². The number of amides is 2. The molecule has 0 aliphatic carbocycles. The van der Waals surface area contributed by atoms with Crippen molar-refractivity contribution in [3.05, 3.63) is 42.1 Å². The Kier molecular flexibility index (Phi) is 6.77. The lowest BCUT2D eigenvalue weighted by atomic mass is 10.1. The summed E-state index contributed by atoms with van der Waals surface area (Å²) in [6, 6.07) is 8.76. The van der Waals surface area contributed by atoms with Gasteiger partial charge in [-0.15, -0.1) is 0 Å². The standard InChI is InChI=1S/C19H26N4O3/c1-13(2)11-14(3)23-17(9-10-20-23)22-19(26)21-16-6-4-5-15(12-16)7-8-18(24)25/h4-6,9-10,12-14H,7-8,11H2,1-3H3,(H,24,25)(H2,21,22,26). The third-order valence-electron chi connectivity index (χ3n) is 3.95. The molecule has 0 saturated heterocycles. The number of rotatable bonds is 8. The van der Waals surface area contributed by atoms with Crippen LogP contribution in [-0.4, -0.2) is 26.9 Å². The first-order chi connectivity index (χ1) is 12.3. The van der Waals surface area contributed by atoms with E-state index in [2.05, 4.69) is 36.5 Å². The molecule has 3 N–H and O–H groups in total. The Morgan fingerprint density at radius 1 is 1.19 bits per heavy atom. The molecule has 0 fully saturated rings. The highest BCUT2D eigenvalue weighted by Gasteiger charge is 2.14. The zero-order chi connectivity index (χ0) is 19.1. The zero-order valence-electron chi connectivity index (χ0n) is 15.4. The molecule has 7 nitrogen and oxygen atoms in total. The molecule has 0 radical (unpaired) electrons. The lowest BCUT2D eigenvalue weighted by Crippen LogP contribution is -2.23. The van der Waals surface area contributed by atoms with Crippen LogP contribution in [0.15, 0.2) is 36.5 Å². The Labute approximate surface area is 153 Å². The van der Waals surface area contributed by atoms with E-state index >= 15 is 0 Å². The molecular formula is C19H26N4O3. The summed E-state index contributed by atoms with van der Waals surface area (Å²) in [6.45, 7) is 6.37. The summed E-state index contributed by atoms with van der Waals surface area (Å²) in [4.78, 5) is 23.0. The zero-order valence-corrected chi connectivity index (χ0v) is 15.4. The molecule has 0 aliphatic heterocycles. The first-order valence-electron chi connectivity index (χ1n) is 8.77. The van der Waals surface area contributed by atoms with E-state index in [0.717, 1.165) is 12.0 Å². The second-order valence-corrected chi connectivity index (χ2v) is 6.81. The van der Waals surface area contributed by atoms with Gasteiger partial charge in [0.25, 0.3) is 0 Å². The summed E-state index contributed by atoms with van der Waals surface area (Å²) in [6.07, 6.45) is 3.11. The summed E-state index contributed by atoms with van der Waals surface area (Å²) >= 11 is 0. The predicted molar refractivity (Wildman–Crippen MR) is 101 cm³/mol. The van der Waals surface area contributed by atoms with E-state index in [1.165, 1.54) is 0 Å². The fourth-order valence-electron chi connectivity index (χ4n) is 2.88. The van der Waals surface area contributed by atoms with Gasteiger partial charge >= 0.3 is 12.0 Å². The molecule has 0 aliphatic rings. The van der Waals surface area contributed by atoms with Gasteiger partial charge in [-0.05, 0) is 43.4 Å². The van der Waals surface area contributed by atoms with Gasteiger partial charge in [-0.25, -0.2) is 9.48 Å². The molecule has 1 unspecified atom stereocenters. The van der Waals surface area contributed by atoms with Gasteiger partial charge in [-0.2, -0.15) is 5.10 Å². The normalized spacial score (nSPS) is 12.0. The number of hydrogen-bond donors (Lipinski definition) is 3. The highest BCUT2D eigenvalue weighted by atomic mass is 16.4. The fourth-order valence-corrected chi connectivity index (χ4v) is 2.88. The van der Waals surface area contributed by atoms with Crippen molar-refractivity contribution in [2.45, 2.75) is 46.1 Å². The maximum Gasteiger partial charge on any atom is 0.324 e. The van der Waals surface area contributed by atoms with E-state index in [1.807, 2.05) is 10.7 Å². The Morgan fingerprint density at radius 2 is 1.96 bits per heavy atom. The number of aromatic nitrogens is 2. The van der Waals surface area contributed by atoms with Gasteiger partial charge in [-0.1, -0.05) is 26.0 Å². The first kappa shape index (κ1) is 19.5. The van der Waals surface area contributed by atoms with Crippen LogP contribution < -0.4 is 10.6 Å². The molecule has 2 aromatic rings. The highest BCUT2D eigenvalue weighted by molar-refractivity contribution is 5.99. The minimum Gasteiger partial charge on any atom is -0.481 e. The lowest BCUT2D eigenvalue weighted by Gasteiger charge is -2.18. The number of nitrogens with one attached hydrogen (secondary N) is 2.